The number of hydrogen-bond donors (Lipinski definition) is 2. The van der Waals surface area contributed by atoms with Crippen LogP contribution < -0.4 is 5.32 Å². The number of nitrogens with one attached hydrogen (secondary N) is 1. The Morgan fingerprint density at radius 3 is 2.69 bits per heavy atom. The highest BCUT2D eigenvalue weighted by atomic mass is 16.3. The molecule has 3 nitrogen and oxygen atoms in total. The maximum Gasteiger partial charge on any atom is 0.125 e. The summed E-state index contributed by atoms with van der Waals surface area (Å²) < 4.78 is 0. The van der Waals surface area contributed by atoms with E-state index in [1.54, 1.807) is 0 Å². The molecule has 0 saturated heterocycles. The van der Waals surface area contributed by atoms with Gasteiger partial charge in [-0.25, -0.2) is 4.98 Å². The Kier molecular flexibility index (Phi) is 3.78. The predicted molar refractivity (Wildman–Crippen MR) is 65.4 cm³/mol. The van der Waals surface area contributed by atoms with E-state index < -0.39 is 0 Å². The summed E-state index contributed by atoms with van der Waals surface area (Å²) in [5.41, 5.74) is 1.19. The first-order chi connectivity index (χ1) is 7.74. The van der Waals surface area contributed by atoms with Crippen molar-refractivity contribution in [2.75, 3.05) is 11.9 Å². The predicted octanol–water partition coefficient (Wildman–Crippen LogP) is 2.35. The normalized spacial score (nSPS) is 25.4. The van der Waals surface area contributed by atoms with Gasteiger partial charge in [0, 0.05) is 12.7 Å². The summed E-state index contributed by atoms with van der Waals surface area (Å²) in [7, 11) is 0. The van der Waals surface area contributed by atoms with Crippen LogP contribution in [0.4, 0.5) is 5.82 Å². The molecule has 0 spiro atoms. The minimum Gasteiger partial charge on any atom is -0.393 e. The Bertz CT molecular complexity index is 315. The van der Waals surface area contributed by atoms with Gasteiger partial charge in [0.15, 0.2) is 0 Å². The molecule has 1 heterocycles. The van der Waals surface area contributed by atoms with Gasteiger partial charge in [-0.3, -0.25) is 0 Å². The molecule has 0 atom stereocenters. The van der Waals surface area contributed by atoms with Gasteiger partial charge in [0.05, 0.1) is 6.10 Å². The molecule has 1 aliphatic rings. The van der Waals surface area contributed by atoms with Crippen molar-refractivity contribution in [2.45, 2.75) is 38.7 Å². The summed E-state index contributed by atoms with van der Waals surface area (Å²) in [6.45, 7) is 3.02. The van der Waals surface area contributed by atoms with Gasteiger partial charge in [0.2, 0.25) is 0 Å². The lowest BCUT2D eigenvalue weighted by atomic mass is 9.87. The number of aryl methyl sites for hydroxylation is 1. The van der Waals surface area contributed by atoms with Gasteiger partial charge >= 0.3 is 0 Å². The molecule has 0 amide bonds. The van der Waals surface area contributed by atoms with Crippen molar-refractivity contribution in [3.63, 3.8) is 0 Å². The molecule has 3 heteroatoms. The minimum atomic E-state index is -0.0613. The summed E-state index contributed by atoms with van der Waals surface area (Å²) in [6.07, 6.45) is 5.97. The van der Waals surface area contributed by atoms with Gasteiger partial charge < -0.3 is 10.4 Å². The zero-order valence-corrected chi connectivity index (χ0v) is 9.82. The number of nitrogens with zero attached hydrogens (tertiary/aromatic N) is 1. The fourth-order valence-corrected chi connectivity index (χ4v) is 2.17. The van der Waals surface area contributed by atoms with E-state index >= 15 is 0 Å². The topological polar surface area (TPSA) is 45.1 Å². The number of aromatic nitrogens is 1. The van der Waals surface area contributed by atoms with Gasteiger partial charge in [-0.15, -0.1) is 0 Å². The Balaban J connectivity index is 1.77. The molecular formula is C13H20N2O. The second-order valence-corrected chi connectivity index (χ2v) is 4.78. The highest BCUT2D eigenvalue weighted by molar-refractivity contribution is 5.35. The first kappa shape index (κ1) is 11.4. The van der Waals surface area contributed by atoms with Gasteiger partial charge in [-0.1, -0.05) is 6.07 Å². The van der Waals surface area contributed by atoms with E-state index in [0.717, 1.165) is 38.0 Å². The first-order valence-electron chi connectivity index (χ1n) is 6.08. The molecule has 1 aromatic heterocycles. The van der Waals surface area contributed by atoms with Crippen molar-refractivity contribution in [1.82, 2.24) is 4.98 Å². The van der Waals surface area contributed by atoms with Crippen molar-refractivity contribution in [3.05, 3.63) is 23.9 Å². The molecule has 1 saturated carbocycles. The summed E-state index contributed by atoms with van der Waals surface area (Å²) in [5.74, 6) is 1.64. The van der Waals surface area contributed by atoms with Crippen LogP contribution in [0, 0.1) is 12.8 Å². The molecule has 16 heavy (non-hydrogen) atoms. The van der Waals surface area contributed by atoms with Crippen molar-refractivity contribution < 1.29 is 5.11 Å². The molecule has 0 radical (unpaired) electrons. The molecule has 2 rings (SSSR count). The zero-order valence-electron chi connectivity index (χ0n) is 9.82. The number of anilines is 1. The lowest BCUT2D eigenvalue weighted by molar-refractivity contribution is 0.111. The third kappa shape index (κ3) is 3.20. The lowest BCUT2D eigenvalue weighted by Crippen LogP contribution is -2.23. The van der Waals surface area contributed by atoms with Crippen molar-refractivity contribution in [3.8, 4) is 0 Å². The number of rotatable bonds is 3. The van der Waals surface area contributed by atoms with Gasteiger partial charge in [-0.2, -0.15) is 0 Å². The third-order valence-electron chi connectivity index (χ3n) is 3.30. The van der Waals surface area contributed by atoms with E-state index in [-0.39, 0.29) is 6.10 Å². The molecule has 1 fully saturated rings. The first-order valence-corrected chi connectivity index (χ1v) is 6.08. The van der Waals surface area contributed by atoms with Crippen LogP contribution in [0.3, 0.4) is 0 Å². The largest absolute Gasteiger partial charge is 0.393 e. The Morgan fingerprint density at radius 2 is 2.06 bits per heavy atom. The van der Waals surface area contributed by atoms with Crippen LogP contribution in [0.25, 0.3) is 0 Å². The number of pyridine rings is 1. The van der Waals surface area contributed by atoms with E-state index in [0.29, 0.717) is 5.92 Å². The van der Waals surface area contributed by atoms with Crippen LogP contribution in [-0.4, -0.2) is 22.7 Å². The molecule has 2 N–H and O–H groups in total. The summed E-state index contributed by atoms with van der Waals surface area (Å²) in [4.78, 5) is 4.32. The third-order valence-corrected chi connectivity index (χ3v) is 3.30. The highest BCUT2D eigenvalue weighted by Crippen LogP contribution is 2.24. The fraction of sp³-hybridized carbons (Fsp3) is 0.615. The highest BCUT2D eigenvalue weighted by Gasteiger charge is 2.18. The van der Waals surface area contributed by atoms with E-state index in [1.807, 2.05) is 19.2 Å². The monoisotopic (exact) mass is 220 g/mol. The number of aliphatic hydroxyl groups excluding tert-OH is 1. The average Bonchev–Trinajstić information content (AvgIpc) is 2.30. The summed E-state index contributed by atoms with van der Waals surface area (Å²) in [6, 6.07) is 4.09. The van der Waals surface area contributed by atoms with E-state index in [2.05, 4.69) is 16.4 Å². The quantitative estimate of drug-likeness (QED) is 0.822. The van der Waals surface area contributed by atoms with Gasteiger partial charge in [-0.05, 0) is 50.2 Å². The van der Waals surface area contributed by atoms with Gasteiger partial charge in [0.1, 0.15) is 5.82 Å². The standard InChI is InChI=1S/C13H20N2O/c1-10-2-7-13(14-8-10)15-9-11-3-5-12(16)6-4-11/h2,7-8,11-12,16H,3-6,9H2,1H3,(H,14,15). The molecule has 0 bridgehead atoms. The Labute approximate surface area is 96.9 Å². The lowest BCUT2D eigenvalue weighted by Gasteiger charge is -2.25. The van der Waals surface area contributed by atoms with Crippen LogP contribution in [0.1, 0.15) is 31.2 Å². The van der Waals surface area contributed by atoms with Crippen molar-refractivity contribution in [2.24, 2.45) is 5.92 Å². The van der Waals surface area contributed by atoms with E-state index in [1.165, 1.54) is 5.56 Å². The minimum absolute atomic E-state index is 0.0613. The molecular weight excluding hydrogens is 200 g/mol. The van der Waals surface area contributed by atoms with Crippen LogP contribution in [-0.2, 0) is 0 Å². The molecule has 0 aliphatic heterocycles. The molecule has 0 aromatic carbocycles. The van der Waals surface area contributed by atoms with Crippen molar-refractivity contribution in [1.29, 1.82) is 0 Å². The maximum atomic E-state index is 9.41. The molecule has 1 aromatic rings. The van der Waals surface area contributed by atoms with E-state index in [9.17, 15) is 5.11 Å². The molecule has 88 valence electrons. The van der Waals surface area contributed by atoms with E-state index in [4.69, 9.17) is 0 Å². The van der Waals surface area contributed by atoms with Crippen LogP contribution in [0.15, 0.2) is 18.3 Å². The Hall–Kier alpha value is -1.09. The fourth-order valence-electron chi connectivity index (χ4n) is 2.17. The van der Waals surface area contributed by atoms with Crippen LogP contribution in [0.5, 0.6) is 0 Å². The second kappa shape index (κ2) is 5.30. The van der Waals surface area contributed by atoms with Crippen molar-refractivity contribution >= 4 is 5.82 Å². The summed E-state index contributed by atoms with van der Waals surface area (Å²) in [5, 5.41) is 12.8. The maximum absolute atomic E-state index is 9.41. The zero-order chi connectivity index (χ0) is 11.4. The Morgan fingerprint density at radius 1 is 1.31 bits per heavy atom. The number of hydrogen-bond acceptors (Lipinski definition) is 3. The molecule has 1 aliphatic carbocycles. The van der Waals surface area contributed by atoms with Crippen LogP contribution in [0.2, 0.25) is 0 Å². The smallest absolute Gasteiger partial charge is 0.125 e. The average molecular weight is 220 g/mol. The summed E-state index contributed by atoms with van der Waals surface area (Å²) >= 11 is 0. The van der Waals surface area contributed by atoms with Gasteiger partial charge in [0.25, 0.3) is 0 Å². The second-order valence-electron chi connectivity index (χ2n) is 4.78. The number of aliphatic hydroxyl groups is 1. The molecule has 0 unspecified atom stereocenters. The SMILES string of the molecule is Cc1ccc(NCC2CCC(O)CC2)nc1. The van der Waals surface area contributed by atoms with Crippen LogP contribution >= 0.6 is 0 Å².